The zero-order chi connectivity index (χ0) is 33.7. The van der Waals surface area contributed by atoms with Crippen LogP contribution in [0.15, 0.2) is 18.3 Å². The number of anilines is 4. The van der Waals surface area contributed by atoms with E-state index in [1.165, 1.54) is 10.7 Å². The smallest absolute Gasteiger partial charge is 0.373 e. The molecule has 1 amide bonds. The number of carbonyl (C=O) groups is 1. The van der Waals surface area contributed by atoms with E-state index in [0.29, 0.717) is 73.0 Å². The van der Waals surface area contributed by atoms with Crippen molar-refractivity contribution >= 4 is 46.4 Å². The van der Waals surface area contributed by atoms with Crippen LogP contribution < -0.4 is 15.5 Å². The number of aliphatic hydroxyl groups is 1. The number of halogens is 4. The molecule has 0 radical (unpaired) electrons. The van der Waals surface area contributed by atoms with E-state index in [1.54, 1.807) is 12.1 Å². The van der Waals surface area contributed by atoms with Crippen LogP contribution in [-0.4, -0.2) is 103 Å². The average Bonchev–Trinajstić information content (AvgIpc) is 3.76. The number of piperazine rings is 1. The third-order valence-electron chi connectivity index (χ3n) is 9.03. The Kier molecular flexibility index (Phi) is 8.54. The number of alkyl halides is 3. The fourth-order valence-corrected chi connectivity index (χ4v) is 6.41. The summed E-state index contributed by atoms with van der Waals surface area (Å²) in [7, 11) is 0. The maximum absolute atomic E-state index is 13.2. The molecule has 2 aliphatic heterocycles. The first-order chi connectivity index (χ1) is 22.3. The van der Waals surface area contributed by atoms with Gasteiger partial charge in [0.15, 0.2) is 5.65 Å². The quantitative estimate of drug-likeness (QED) is 0.336. The van der Waals surface area contributed by atoms with Crippen LogP contribution in [0.2, 0.25) is 5.02 Å². The fourth-order valence-electron chi connectivity index (χ4n) is 6.15. The molecule has 1 aliphatic carbocycles. The molecule has 1 saturated carbocycles. The molecule has 4 heterocycles. The normalized spacial score (nSPS) is 20.8. The molecule has 6 rings (SSSR count). The van der Waals surface area contributed by atoms with Crippen molar-refractivity contribution in [3.63, 3.8) is 0 Å². The lowest BCUT2D eigenvalue weighted by molar-refractivity contribution is -0.250. The van der Waals surface area contributed by atoms with Crippen LogP contribution in [0.5, 0.6) is 0 Å². The maximum Gasteiger partial charge on any atom is 0.426 e. The van der Waals surface area contributed by atoms with E-state index < -0.39 is 17.7 Å². The number of carbonyl (C=O) groups excluding carboxylic acids is 1. The van der Waals surface area contributed by atoms with Gasteiger partial charge in [0, 0.05) is 50.8 Å². The van der Waals surface area contributed by atoms with Gasteiger partial charge >= 0.3 is 6.18 Å². The van der Waals surface area contributed by atoms with Crippen LogP contribution in [0.1, 0.15) is 50.7 Å². The van der Waals surface area contributed by atoms with Gasteiger partial charge in [-0.1, -0.05) is 11.6 Å². The Balaban J connectivity index is 1.17. The highest BCUT2D eigenvalue weighted by molar-refractivity contribution is 6.36. The number of rotatable bonds is 7. The lowest BCUT2D eigenvalue weighted by Gasteiger charge is -2.47. The molecular formula is C30H33ClF3N11O2. The van der Waals surface area contributed by atoms with E-state index in [9.17, 15) is 33.6 Å². The second-order valence-corrected chi connectivity index (χ2v) is 12.8. The van der Waals surface area contributed by atoms with Crippen LogP contribution in [0.25, 0.3) is 5.65 Å². The molecule has 13 nitrogen and oxygen atoms in total. The lowest BCUT2D eigenvalue weighted by Crippen LogP contribution is -2.60. The summed E-state index contributed by atoms with van der Waals surface area (Å²) in [6, 6.07) is 7.90. The number of hydrogen-bond acceptors (Lipinski definition) is 11. The summed E-state index contributed by atoms with van der Waals surface area (Å²) in [5, 5.41) is 40.3. The Morgan fingerprint density at radius 2 is 1.81 bits per heavy atom. The zero-order valence-corrected chi connectivity index (χ0v) is 26.5. The number of likely N-dealkylation sites (tertiary alicyclic amines) is 1. The van der Waals surface area contributed by atoms with Crippen molar-refractivity contribution in [1.82, 2.24) is 29.4 Å². The molecule has 2 aromatic heterocycles. The zero-order valence-electron chi connectivity index (χ0n) is 25.7. The molecule has 3 N–H and O–H groups in total. The summed E-state index contributed by atoms with van der Waals surface area (Å²) >= 11 is 6.97. The van der Waals surface area contributed by atoms with Gasteiger partial charge in [-0.15, -0.1) is 0 Å². The average molecular weight is 672 g/mol. The molecule has 17 heteroatoms. The summed E-state index contributed by atoms with van der Waals surface area (Å²) in [6.07, 6.45) is -0.666. The Morgan fingerprint density at radius 3 is 2.43 bits per heavy atom. The Bertz CT molecular complexity index is 1770. The standard InChI is InChI=1S/C30H33ClF3N11O2/c1-17-16-43(21-5-7-42(8-6-21)26(46)29(2,47)30(32,33)34)9-10-44(17)23-12-18(13-35)11-22(24(23)31)39-27-40-25-19(14-36)15-37-45(25)28(41-27)38-20-3-4-20/h11-12,15,17,20-21,47H,3-10,16H2,1-2H3,(H2,38,39,40,41)/t17-,29+/m0/s1. The van der Waals surface area contributed by atoms with E-state index in [2.05, 4.69) is 47.6 Å². The molecule has 248 valence electrons. The second-order valence-electron chi connectivity index (χ2n) is 12.4. The third-order valence-corrected chi connectivity index (χ3v) is 9.43. The van der Waals surface area contributed by atoms with Gasteiger partial charge in [-0.25, -0.2) is 0 Å². The van der Waals surface area contributed by atoms with E-state index in [0.717, 1.165) is 17.7 Å². The molecule has 3 aliphatic rings. The van der Waals surface area contributed by atoms with Crippen molar-refractivity contribution in [1.29, 1.82) is 10.5 Å². The topological polar surface area (TPSA) is 162 Å². The molecule has 47 heavy (non-hydrogen) atoms. The molecule has 3 fully saturated rings. The number of nitrogens with one attached hydrogen (secondary N) is 2. The van der Waals surface area contributed by atoms with Crippen LogP contribution in [0.4, 0.5) is 36.4 Å². The molecule has 3 aromatic rings. The Hall–Kier alpha value is -4.38. The van der Waals surface area contributed by atoms with Crippen molar-refractivity contribution in [2.75, 3.05) is 48.3 Å². The molecule has 1 aromatic carbocycles. The first-order valence-electron chi connectivity index (χ1n) is 15.3. The Morgan fingerprint density at radius 1 is 1.09 bits per heavy atom. The number of benzene rings is 1. The highest BCUT2D eigenvalue weighted by atomic mass is 35.5. The van der Waals surface area contributed by atoms with Gasteiger partial charge in [0.1, 0.15) is 11.6 Å². The SMILES string of the molecule is C[C@H]1CN(C2CCN(C(=O)[C@@](C)(O)C(F)(F)F)CC2)CCN1c1cc(C#N)cc(Nc2nc(NC3CC3)n3ncc(C#N)c3n2)c1Cl. The molecule has 2 saturated heterocycles. The molecular weight excluding hydrogens is 639 g/mol. The van der Waals surface area contributed by atoms with Crippen molar-refractivity contribution in [2.24, 2.45) is 0 Å². The van der Waals surface area contributed by atoms with Crippen LogP contribution in [-0.2, 0) is 4.79 Å². The molecule has 0 unspecified atom stereocenters. The van der Waals surface area contributed by atoms with Gasteiger partial charge in [0.25, 0.3) is 5.91 Å². The minimum atomic E-state index is -5.05. The number of amides is 1. The summed E-state index contributed by atoms with van der Waals surface area (Å²) in [5.74, 6) is -0.713. The van der Waals surface area contributed by atoms with Gasteiger partial charge in [0.05, 0.1) is 34.2 Å². The third kappa shape index (κ3) is 6.33. The molecule has 0 spiro atoms. The van der Waals surface area contributed by atoms with E-state index in [-0.39, 0.29) is 42.7 Å². The summed E-state index contributed by atoms with van der Waals surface area (Å²) in [6.45, 7) is 4.60. The predicted molar refractivity (Wildman–Crippen MR) is 166 cm³/mol. The number of nitriles is 2. The summed E-state index contributed by atoms with van der Waals surface area (Å²) in [4.78, 5) is 27.0. The van der Waals surface area contributed by atoms with Gasteiger partial charge < -0.3 is 25.5 Å². The number of fused-ring (bicyclic) bond motifs is 1. The van der Waals surface area contributed by atoms with Gasteiger partial charge in [-0.3, -0.25) is 9.69 Å². The first kappa shape index (κ1) is 32.6. The number of piperidine rings is 1. The number of aromatic nitrogens is 4. The van der Waals surface area contributed by atoms with Crippen molar-refractivity contribution in [3.05, 3.63) is 34.5 Å². The maximum atomic E-state index is 13.2. The van der Waals surface area contributed by atoms with Crippen LogP contribution >= 0.6 is 11.6 Å². The number of nitrogens with zero attached hydrogens (tertiary/aromatic N) is 9. The molecule has 2 atom stereocenters. The highest BCUT2D eigenvalue weighted by Gasteiger charge is 2.57. The molecule has 0 bridgehead atoms. The van der Waals surface area contributed by atoms with Crippen LogP contribution in [0, 0.1) is 22.7 Å². The largest absolute Gasteiger partial charge is 0.426 e. The van der Waals surface area contributed by atoms with Crippen molar-refractivity contribution in [3.8, 4) is 12.1 Å². The van der Waals surface area contributed by atoms with Crippen molar-refractivity contribution in [2.45, 2.75) is 69.4 Å². The summed E-state index contributed by atoms with van der Waals surface area (Å²) in [5.41, 5.74) is -1.38. The summed E-state index contributed by atoms with van der Waals surface area (Å²) < 4.78 is 41.1. The highest BCUT2D eigenvalue weighted by Crippen LogP contribution is 2.38. The van der Waals surface area contributed by atoms with Crippen molar-refractivity contribution < 1.29 is 23.1 Å². The fraction of sp³-hybridized carbons (Fsp3) is 0.533. The Labute approximate surface area is 273 Å². The van der Waals surface area contributed by atoms with E-state index >= 15 is 0 Å². The minimum Gasteiger partial charge on any atom is -0.373 e. The lowest BCUT2D eigenvalue weighted by atomic mass is 9.97. The van der Waals surface area contributed by atoms with Gasteiger partial charge in [0.2, 0.25) is 17.5 Å². The van der Waals surface area contributed by atoms with E-state index in [1.807, 2.05) is 6.92 Å². The predicted octanol–water partition coefficient (Wildman–Crippen LogP) is 3.65. The van der Waals surface area contributed by atoms with Gasteiger partial charge in [-0.05, 0) is 51.7 Å². The monoisotopic (exact) mass is 671 g/mol. The number of hydrogen-bond donors (Lipinski definition) is 3. The second kappa shape index (κ2) is 12.3. The van der Waals surface area contributed by atoms with E-state index in [4.69, 9.17) is 11.6 Å². The minimum absolute atomic E-state index is 0.0411. The van der Waals surface area contributed by atoms with Crippen LogP contribution in [0.3, 0.4) is 0 Å². The van der Waals surface area contributed by atoms with Gasteiger partial charge in [-0.2, -0.15) is 43.3 Å². The first-order valence-corrected chi connectivity index (χ1v) is 15.7.